The fourth-order valence-electron chi connectivity index (χ4n) is 7.29. The molecule has 10 rings (SSSR count). The van der Waals surface area contributed by atoms with E-state index in [1.165, 1.54) is 32.3 Å². The zero-order chi connectivity index (χ0) is 32.3. The average molecular weight is 629 g/mol. The van der Waals surface area contributed by atoms with Gasteiger partial charge in [-0.25, -0.2) is 15.0 Å². The number of rotatable bonds is 4. The third kappa shape index (κ3) is 4.44. The number of furan rings is 1. The summed E-state index contributed by atoms with van der Waals surface area (Å²) in [5.41, 5.74) is 6.81. The molecule has 0 amide bonds. The van der Waals surface area contributed by atoms with Gasteiger partial charge in [-0.1, -0.05) is 121 Å². The lowest BCUT2D eigenvalue weighted by Gasteiger charge is -2.14. The summed E-state index contributed by atoms with van der Waals surface area (Å²) in [6.45, 7) is 0.601. The van der Waals surface area contributed by atoms with E-state index in [9.17, 15) is 0 Å². The van der Waals surface area contributed by atoms with Crippen molar-refractivity contribution < 1.29 is 4.42 Å². The molecule has 5 heteroatoms. The summed E-state index contributed by atoms with van der Waals surface area (Å²) in [5, 5.41) is 11.7. The average Bonchev–Trinajstić information content (AvgIpc) is 3.57. The van der Waals surface area contributed by atoms with Crippen molar-refractivity contribution in [3.63, 3.8) is 0 Å². The highest BCUT2D eigenvalue weighted by Gasteiger charge is 2.25. The Morgan fingerprint density at radius 1 is 0.490 bits per heavy atom. The monoisotopic (exact) mass is 628 g/mol. The molecule has 0 aliphatic carbocycles. The first-order valence-electron chi connectivity index (χ1n) is 16.5. The summed E-state index contributed by atoms with van der Waals surface area (Å²) in [4.78, 5) is 15.1. The van der Waals surface area contributed by atoms with Crippen LogP contribution in [0.25, 0.3) is 94.7 Å². The van der Waals surface area contributed by atoms with Gasteiger partial charge in [0.2, 0.25) is 0 Å². The van der Waals surface area contributed by atoms with Crippen molar-refractivity contribution in [3.05, 3.63) is 157 Å². The minimum atomic E-state index is 0.601. The molecule has 0 saturated heterocycles. The SMILES string of the molecule is C1=Cc2c(oc3c(-c4cc5c6ccccc6ccc5c5ccccc45)ccc(-c4nc(-c5ccccc5)nc(-c5ccccc5)n4)c23)CN1. The minimum Gasteiger partial charge on any atom is -0.458 e. The second-order valence-corrected chi connectivity index (χ2v) is 12.4. The van der Waals surface area contributed by atoms with E-state index in [1.54, 1.807) is 0 Å². The van der Waals surface area contributed by atoms with Gasteiger partial charge in [0.25, 0.3) is 0 Å². The molecular formula is C44H28N4O. The van der Waals surface area contributed by atoms with Crippen LogP contribution in [0.5, 0.6) is 0 Å². The van der Waals surface area contributed by atoms with Gasteiger partial charge in [0.15, 0.2) is 17.5 Å². The van der Waals surface area contributed by atoms with Gasteiger partial charge >= 0.3 is 0 Å². The van der Waals surface area contributed by atoms with Crippen molar-refractivity contribution in [1.29, 1.82) is 0 Å². The molecule has 0 spiro atoms. The number of nitrogens with one attached hydrogen (secondary N) is 1. The van der Waals surface area contributed by atoms with Crippen molar-refractivity contribution >= 4 is 49.4 Å². The summed E-state index contributed by atoms with van der Waals surface area (Å²) in [5.74, 6) is 2.75. The molecule has 3 heterocycles. The van der Waals surface area contributed by atoms with Gasteiger partial charge in [0.05, 0.1) is 6.54 Å². The summed E-state index contributed by atoms with van der Waals surface area (Å²) in [6.07, 6.45) is 4.09. The fourth-order valence-corrected chi connectivity index (χ4v) is 7.29. The van der Waals surface area contributed by atoms with Crippen LogP contribution in [0.2, 0.25) is 0 Å². The third-order valence-corrected chi connectivity index (χ3v) is 9.58. The van der Waals surface area contributed by atoms with Crippen molar-refractivity contribution in [2.75, 3.05) is 0 Å². The molecule has 230 valence electrons. The predicted molar refractivity (Wildman–Crippen MR) is 200 cm³/mol. The van der Waals surface area contributed by atoms with Crippen LogP contribution < -0.4 is 5.32 Å². The molecule has 0 radical (unpaired) electrons. The third-order valence-electron chi connectivity index (χ3n) is 9.58. The molecule has 1 aliphatic rings. The second-order valence-electron chi connectivity index (χ2n) is 12.4. The van der Waals surface area contributed by atoms with Gasteiger partial charge in [-0.15, -0.1) is 0 Å². The van der Waals surface area contributed by atoms with E-state index >= 15 is 0 Å². The molecule has 9 aromatic rings. The van der Waals surface area contributed by atoms with Crippen molar-refractivity contribution in [1.82, 2.24) is 20.3 Å². The van der Waals surface area contributed by atoms with Crippen molar-refractivity contribution in [3.8, 4) is 45.3 Å². The number of nitrogens with zero attached hydrogens (tertiary/aromatic N) is 3. The first-order chi connectivity index (χ1) is 24.3. The quantitative estimate of drug-likeness (QED) is 0.197. The van der Waals surface area contributed by atoms with E-state index in [1.807, 2.05) is 66.9 Å². The van der Waals surface area contributed by atoms with E-state index in [2.05, 4.69) is 90.3 Å². The number of benzene rings is 7. The van der Waals surface area contributed by atoms with E-state index in [0.29, 0.717) is 24.0 Å². The molecule has 1 N–H and O–H groups in total. The largest absolute Gasteiger partial charge is 0.458 e. The summed E-state index contributed by atoms with van der Waals surface area (Å²) in [7, 11) is 0. The first-order valence-corrected chi connectivity index (χ1v) is 16.5. The Hall–Kier alpha value is -6.59. The lowest BCUT2D eigenvalue weighted by molar-refractivity contribution is 0.533. The molecule has 49 heavy (non-hydrogen) atoms. The van der Waals surface area contributed by atoms with Crippen LogP contribution in [-0.4, -0.2) is 15.0 Å². The summed E-state index contributed by atoms with van der Waals surface area (Å²) < 4.78 is 6.83. The maximum absolute atomic E-state index is 6.83. The van der Waals surface area contributed by atoms with Crippen LogP contribution in [0.4, 0.5) is 0 Å². The molecule has 1 aliphatic heterocycles. The molecule has 0 bridgehead atoms. The Balaban J connectivity index is 1.28. The molecule has 0 atom stereocenters. The molecule has 0 fully saturated rings. The van der Waals surface area contributed by atoms with Gasteiger partial charge in [-0.2, -0.15) is 0 Å². The van der Waals surface area contributed by atoms with Crippen LogP contribution >= 0.6 is 0 Å². The Labute approximate surface area is 282 Å². The summed E-state index contributed by atoms with van der Waals surface area (Å²) in [6, 6.07) is 48.6. The number of hydrogen-bond acceptors (Lipinski definition) is 5. The number of fused-ring (bicyclic) bond motifs is 8. The molecule has 7 aromatic carbocycles. The number of hydrogen-bond donors (Lipinski definition) is 1. The van der Waals surface area contributed by atoms with E-state index < -0.39 is 0 Å². The minimum absolute atomic E-state index is 0.601. The zero-order valence-corrected chi connectivity index (χ0v) is 26.4. The normalized spacial score (nSPS) is 12.5. The van der Waals surface area contributed by atoms with Gasteiger partial charge in [0.1, 0.15) is 11.3 Å². The lowest BCUT2D eigenvalue weighted by atomic mass is 9.89. The maximum Gasteiger partial charge on any atom is 0.164 e. The number of aromatic nitrogens is 3. The standard InChI is InChI=1S/C44H28N4O/c1-3-12-28(13-4-1)42-46-43(29-14-5-2-6-15-29)48-44(47-42)36-22-21-34(41-40(36)35-23-24-45-26-39(35)49-41)38-25-37-30-16-8-7-11-27(30)19-20-33(37)31-17-9-10-18-32(31)38/h1-25,45H,26H2. The first kappa shape index (κ1) is 27.5. The van der Waals surface area contributed by atoms with Gasteiger partial charge in [-0.3, -0.25) is 0 Å². The Morgan fingerprint density at radius 2 is 1.10 bits per heavy atom. The Bertz CT molecular complexity index is 2710. The van der Waals surface area contributed by atoms with Crippen LogP contribution in [0, 0.1) is 0 Å². The van der Waals surface area contributed by atoms with Gasteiger partial charge in [0, 0.05) is 33.2 Å². The fraction of sp³-hybridized carbons (Fsp3) is 0.0227. The molecule has 2 aromatic heterocycles. The second kappa shape index (κ2) is 11.0. The summed E-state index contributed by atoms with van der Waals surface area (Å²) >= 11 is 0. The van der Waals surface area contributed by atoms with Crippen LogP contribution in [0.15, 0.2) is 150 Å². The highest BCUT2D eigenvalue weighted by molar-refractivity contribution is 6.22. The Kier molecular flexibility index (Phi) is 6.18. The predicted octanol–water partition coefficient (Wildman–Crippen LogP) is 10.8. The Morgan fingerprint density at radius 3 is 1.86 bits per heavy atom. The van der Waals surface area contributed by atoms with Crippen molar-refractivity contribution in [2.24, 2.45) is 0 Å². The van der Waals surface area contributed by atoms with Crippen LogP contribution in [-0.2, 0) is 6.54 Å². The smallest absolute Gasteiger partial charge is 0.164 e. The molecule has 0 unspecified atom stereocenters. The zero-order valence-electron chi connectivity index (χ0n) is 26.4. The van der Waals surface area contributed by atoms with Crippen LogP contribution in [0.1, 0.15) is 11.3 Å². The highest BCUT2D eigenvalue weighted by atomic mass is 16.3. The van der Waals surface area contributed by atoms with Crippen molar-refractivity contribution in [2.45, 2.75) is 6.54 Å². The molecule has 0 saturated carbocycles. The van der Waals surface area contributed by atoms with E-state index in [0.717, 1.165) is 50.1 Å². The maximum atomic E-state index is 6.83. The lowest BCUT2D eigenvalue weighted by Crippen LogP contribution is -2.08. The molecular weight excluding hydrogens is 601 g/mol. The van der Waals surface area contributed by atoms with Gasteiger partial charge in [-0.05, 0) is 68.4 Å². The van der Waals surface area contributed by atoms with E-state index in [-0.39, 0.29) is 0 Å². The molecule has 5 nitrogen and oxygen atoms in total. The van der Waals surface area contributed by atoms with Crippen LogP contribution in [0.3, 0.4) is 0 Å². The van der Waals surface area contributed by atoms with Gasteiger partial charge < -0.3 is 9.73 Å². The van der Waals surface area contributed by atoms with E-state index in [4.69, 9.17) is 19.4 Å². The topological polar surface area (TPSA) is 63.8 Å². The highest BCUT2D eigenvalue weighted by Crippen LogP contribution is 2.45.